The molecule has 2 aliphatic rings. The molecule has 0 aliphatic carbocycles. The molecule has 0 saturated carbocycles. The third-order valence-corrected chi connectivity index (χ3v) is 8.66. The number of hydrogen-bond acceptors (Lipinski definition) is 4. The molecule has 6 nitrogen and oxygen atoms in total. The number of hydrogen-bond donors (Lipinski definition) is 0. The lowest BCUT2D eigenvalue weighted by Gasteiger charge is -2.19. The molecule has 0 N–H and O–H groups in total. The van der Waals surface area contributed by atoms with Gasteiger partial charge in [-0.3, -0.25) is 9.59 Å². The van der Waals surface area contributed by atoms with Crippen molar-refractivity contribution < 1.29 is 35.9 Å². The highest BCUT2D eigenvalue weighted by Crippen LogP contribution is 2.39. The zero-order chi connectivity index (χ0) is 37.2. The fourth-order valence-electron chi connectivity index (χ4n) is 6.11. The quantitative estimate of drug-likeness (QED) is 0.0990. The SMILES string of the molecule is C#Cc1cccc(/N=C2/C(=O)N(CCCCCCN3C(=O)/C(=N/c4cccc(C#C)c4)c4ccc(C(F)(F)F)cc43)c3cc(C(F)(F)F)ccc32)c1. The summed E-state index contributed by atoms with van der Waals surface area (Å²) in [6.07, 6.45) is 3.49. The molecule has 0 unspecified atom stereocenters. The van der Waals surface area contributed by atoms with E-state index in [2.05, 4.69) is 21.8 Å². The average molecular weight is 711 g/mol. The van der Waals surface area contributed by atoms with Crippen LogP contribution in [-0.2, 0) is 21.9 Å². The van der Waals surface area contributed by atoms with Gasteiger partial charge in [-0.15, -0.1) is 12.8 Å². The Hall–Kier alpha value is -6.14. The van der Waals surface area contributed by atoms with Crippen LogP contribution < -0.4 is 9.80 Å². The van der Waals surface area contributed by atoms with Crippen LogP contribution in [0.1, 0.15) is 59.1 Å². The molecule has 0 bridgehead atoms. The van der Waals surface area contributed by atoms with E-state index >= 15 is 0 Å². The standard InChI is InChI=1S/C40H28F6N4O2/c1-3-25-11-9-13-29(21-25)47-35-31-17-15-27(39(41,42)43)23-33(31)49(37(35)51)19-7-5-6-8-20-50-34-24-28(40(44,45)46)16-18-32(34)36(38(50)52)48-30-14-10-12-26(4-2)22-30/h1-2,9-18,21-24H,5-8,19-20H2/b47-35+,48-36+. The highest BCUT2D eigenvalue weighted by molar-refractivity contribution is 6.55. The van der Waals surface area contributed by atoms with E-state index in [9.17, 15) is 35.9 Å². The fourth-order valence-corrected chi connectivity index (χ4v) is 6.11. The van der Waals surface area contributed by atoms with Crippen LogP contribution in [-0.4, -0.2) is 36.3 Å². The molecule has 4 aromatic carbocycles. The summed E-state index contributed by atoms with van der Waals surface area (Å²) >= 11 is 0. The molecule has 0 saturated heterocycles. The molecule has 2 aliphatic heterocycles. The minimum atomic E-state index is -4.63. The summed E-state index contributed by atoms with van der Waals surface area (Å²) in [5.74, 6) is 3.85. The first kappa shape index (κ1) is 35.7. The van der Waals surface area contributed by atoms with E-state index < -0.39 is 35.3 Å². The van der Waals surface area contributed by atoms with E-state index in [4.69, 9.17) is 12.8 Å². The third kappa shape index (κ3) is 7.33. The summed E-state index contributed by atoms with van der Waals surface area (Å²) in [6, 6.07) is 19.3. The van der Waals surface area contributed by atoms with Gasteiger partial charge in [0.2, 0.25) is 0 Å². The lowest BCUT2D eigenvalue weighted by Crippen LogP contribution is -2.31. The van der Waals surface area contributed by atoms with Crippen LogP contribution in [0.4, 0.5) is 49.1 Å². The van der Waals surface area contributed by atoms with E-state index in [-0.39, 0.29) is 47.0 Å². The maximum atomic E-state index is 13.6. The molecule has 52 heavy (non-hydrogen) atoms. The maximum absolute atomic E-state index is 13.6. The number of aliphatic imine (C=N–C) groups is 2. The molecule has 0 atom stereocenters. The Kier molecular flexibility index (Phi) is 9.77. The molecule has 4 aromatic rings. The van der Waals surface area contributed by atoms with Gasteiger partial charge in [0.1, 0.15) is 11.4 Å². The first-order valence-electron chi connectivity index (χ1n) is 16.2. The lowest BCUT2D eigenvalue weighted by molar-refractivity contribution is -0.138. The summed E-state index contributed by atoms with van der Waals surface area (Å²) in [5.41, 5.74) is 0.668. The third-order valence-electron chi connectivity index (χ3n) is 8.66. The van der Waals surface area contributed by atoms with Crippen molar-refractivity contribution in [3.63, 3.8) is 0 Å². The number of rotatable bonds is 9. The van der Waals surface area contributed by atoms with Gasteiger partial charge in [-0.25, -0.2) is 9.98 Å². The van der Waals surface area contributed by atoms with Gasteiger partial charge in [0.25, 0.3) is 11.8 Å². The summed E-state index contributed by atoms with van der Waals surface area (Å²) in [5, 5.41) is 0. The van der Waals surface area contributed by atoms with Gasteiger partial charge in [-0.1, -0.05) is 36.8 Å². The molecular formula is C40H28F6N4O2. The van der Waals surface area contributed by atoms with Crippen molar-refractivity contribution in [2.24, 2.45) is 9.98 Å². The number of nitrogens with zero attached hydrogens (tertiary/aromatic N) is 4. The van der Waals surface area contributed by atoms with Crippen LogP contribution in [0, 0.1) is 24.7 Å². The first-order chi connectivity index (χ1) is 24.8. The highest BCUT2D eigenvalue weighted by atomic mass is 19.4. The van der Waals surface area contributed by atoms with E-state index in [1.807, 2.05) is 0 Å². The van der Waals surface area contributed by atoms with Gasteiger partial charge >= 0.3 is 12.4 Å². The smallest absolute Gasteiger partial charge is 0.306 e. The second-order valence-corrected chi connectivity index (χ2v) is 12.1. The monoisotopic (exact) mass is 710 g/mol. The molecule has 2 amide bonds. The van der Waals surface area contributed by atoms with Crippen molar-refractivity contribution in [3.05, 3.63) is 118 Å². The van der Waals surface area contributed by atoms with Crippen molar-refractivity contribution in [2.75, 3.05) is 22.9 Å². The number of halogens is 6. The number of benzene rings is 4. The number of terminal acetylenes is 2. The van der Waals surface area contributed by atoms with Crippen molar-refractivity contribution in [2.45, 2.75) is 38.0 Å². The van der Waals surface area contributed by atoms with E-state index in [0.29, 0.717) is 48.2 Å². The molecule has 0 aromatic heterocycles. The Morgan fingerprint density at radius 2 is 0.962 bits per heavy atom. The number of amides is 2. The molecule has 2 heterocycles. The number of unbranched alkanes of at least 4 members (excludes halogenated alkanes) is 3. The van der Waals surface area contributed by atoms with Gasteiger partial charge in [0.05, 0.1) is 33.9 Å². The number of carbonyl (C=O) groups is 2. The van der Waals surface area contributed by atoms with Crippen molar-refractivity contribution >= 4 is 46.0 Å². The van der Waals surface area contributed by atoms with Crippen molar-refractivity contribution in [1.29, 1.82) is 0 Å². The van der Waals surface area contributed by atoms with Gasteiger partial charge in [0, 0.05) is 35.3 Å². The minimum Gasteiger partial charge on any atom is -0.306 e. The van der Waals surface area contributed by atoms with Crippen molar-refractivity contribution in [1.82, 2.24) is 0 Å². The predicted octanol–water partition coefficient (Wildman–Crippen LogP) is 8.88. The Balaban J connectivity index is 1.16. The number of carbonyl (C=O) groups excluding carboxylic acids is 2. The topological polar surface area (TPSA) is 65.3 Å². The molecule has 0 fully saturated rings. The molecule has 262 valence electrons. The van der Waals surface area contributed by atoms with Crippen molar-refractivity contribution in [3.8, 4) is 24.7 Å². The van der Waals surface area contributed by atoms with E-state index in [1.54, 1.807) is 48.5 Å². The fraction of sp³-hybridized carbons (Fsp3) is 0.200. The van der Waals surface area contributed by atoms with Crippen LogP contribution in [0.3, 0.4) is 0 Å². The Morgan fingerprint density at radius 1 is 0.558 bits per heavy atom. The largest absolute Gasteiger partial charge is 0.416 e. The molecule has 0 spiro atoms. The average Bonchev–Trinajstić information content (AvgIpc) is 3.53. The summed E-state index contributed by atoms with van der Waals surface area (Å²) in [4.78, 5) is 38.5. The molecular weight excluding hydrogens is 682 g/mol. The zero-order valence-electron chi connectivity index (χ0n) is 27.4. The molecule has 6 rings (SSSR count). The van der Waals surface area contributed by atoms with Crippen LogP contribution in [0.15, 0.2) is 94.9 Å². The first-order valence-corrected chi connectivity index (χ1v) is 16.2. The van der Waals surface area contributed by atoms with Gasteiger partial charge in [-0.05, 0) is 85.6 Å². The summed E-state index contributed by atoms with van der Waals surface area (Å²) in [7, 11) is 0. The van der Waals surface area contributed by atoms with Crippen LogP contribution in [0.2, 0.25) is 0 Å². The highest BCUT2D eigenvalue weighted by Gasteiger charge is 2.39. The molecule has 12 heteroatoms. The maximum Gasteiger partial charge on any atom is 0.416 e. The van der Waals surface area contributed by atoms with Gasteiger partial charge < -0.3 is 9.80 Å². The second kappa shape index (κ2) is 14.2. The van der Waals surface area contributed by atoms with E-state index in [0.717, 1.165) is 24.3 Å². The van der Waals surface area contributed by atoms with Crippen LogP contribution in [0.25, 0.3) is 0 Å². The summed E-state index contributed by atoms with van der Waals surface area (Å²) < 4.78 is 81.8. The minimum absolute atomic E-state index is 0.00850. The Bertz CT molecular complexity index is 2070. The lowest BCUT2D eigenvalue weighted by atomic mass is 10.1. The van der Waals surface area contributed by atoms with Gasteiger partial charge in [-0.2, -0.15) is 26.3 Å². The Labute approximate surface area is 295 Å². The normalized spacial score (nSPS) is 15.6. The number of anilines is 2. The predicted molar refractivity (Wildman–Crippen MR) is 187 cm³/mol. The zero-order valence-corrected chi connectivity index (χ0v) is 27.4. The number of fused-ring (bicyclic) bond motifs is 2. The van der Waals surface area contributed by atoms with E-state index in [1.165, 1.54) is 21.9 Å². The number of alkyl halides is 6. The molecule has 0 radical (unpaired) electrons. The summed E-state index contributed by atoms with van der Waals surface area (Å²) in [6.45, 7) is 0.176. The second-order valence-electron chi connectivity index (χ2n) is 12.1. The van der Waals surface area contributed by atoms with Gasteiger partial charge in [0.15, 0.2) is 0 Å². The van der Waals surface area contributed by atoms with Crippen LogP contribution >= 0.6 is 0 Å². The Morgan fingerprint density at radius 3 is 1.33 bits per heavy atom. The van der Waals surface area contributed by atoms with Crippen LogP contribution in [0.5, 0.6) is 0 Å².